The van der Waals surface area contributed by atoms with Crippen molar-refractivity contribution in [2.24, 2.45) is 0 Å². The van der Waals surface area contributed by atoms with Crippen LogP contribution in [0.1, 0.15) is 34.2 Å². The number of carbonyl (C=O) groups excluding carboxylic acids is 2. The Bertz CT molecular complexity index is 1310. The lowest BCUT2D eigenvalue weighted by molar-refractivity contribution is -0.119. The van der Waals surface area contributed by atoms with Crippen molar-refractivity contribution >= 4 is 39.9 Å². The number of anilines is 1. The number of benzene rings is 2. The molecule has 0 aliphatic carbocycles. The van der Waals surface area contributed by atoms with Gasteiger partial charge in [-0.2, -0.15) is 0 Å². The summed E-state index contributed by atoms with van der Waals surface area (Å²) in [7, 11) is 0. The maximum Gasteiger partial charge on any atom is 0.259 e. The lowest BCUT2D eigenvalue weighted by Crippen LogP contribution is -2.18. The van der Waals surface area contributed by atoms with Crippen LogP contribution < -0.4 is 10.6 Å². The Kier molecular flexibility index (Phi) is 6.62. The molecule has 0 aliphatic rings. The fourth-order valence-electron chi connectivity index (χ4n) is 3.55. The molecule has 0 atom stereocenters. The van der Waals surface area contributed by atoms with Crippen molar-refractivity contribution in [3.63, 3.8) is 0 Å². The van der Waals surface area contributed by atoms with E-state index in [0.717, 1.165) is 33.9 Å². The minimum Gasteiger partial charge on any atom is -0.352 e. The normalized spacial score (nSPS) is 10.8. The van der Waals surface area contributed by atoms with Crippen molar-refractivity contribution in [2.75, 3.05) is 5.32 Å². The summed E-state index contributed by atoms with van der Waals surface area (Å²) >= 11 is 7.70. The number of carbonyl (C=O) groups is 2. The van der Waals surface area contributed by atoms with Crippen LogP contribution in [0.4, 0.5) is 5.13 Å². The molecule has 2 N–H and O–H groups in total. The first-order chi connectivity index (χ1) is 15.8. The Morgan fingerprint density at radius 2 is 1.73 bits per heavy atom. The van der Waals surface area contributed by atoms with Crippen molar-refractivity contribution in [3.8, 4) is 16.9 Å². The molecule has 2 amide bonds. The van der Waals surface area contributed by atoms with Crippen LogP contribution >= 0.6 is 22.9 Å². The Hall–Kier alpha value is -3.42. The summed E-state index contributed by atoms with van der Waals surface area (Å²) in [5, 5.41) is 8.40. The first kappa shape index (κ1) is 22.8. The van der Waals surface area contributed by atoms with Gasteiger partial charge in [-0.05, 0) is 49.7 Å². The largest absolute Gasteiger partial charge is 0.352 e. The summed E-state index contributed by atoms with van der Waals surface area (Å²) in [5.41, 5.74) is 6.12. The van der Waals surface area contributed by atoms with Gasteiger partial charge in [0.1, 0.15) is 0 Å². The van der Waals surface area contributed by atoms with E-state index in [2.05, 4.69) is 20.2 Å². The number of nitrogens with one attached hydrogen (secondary N) is 2. The predicted molar refractivity (Wildman–Crippen MR) is 133 cm³/mol. The maximum absolute atomic E-state index is 13.0. The third-order valence-corrected chi connectivity index (χ3v) is 6.33. The van der Waals surface area contributed by atoms with Crippen LogP contribution in [0.2, 0.25) is 5.02 Å². The van der Waals surface area contributed by atoms with Gasteiger partial charge in [-0.25, -0.2) is 4.98 Å². The molecule has 8 heteroatoms. The quantitative estimate of drug-likeness (QED) is 0.370. The second-order valence-corrected chi connectivity index (χ2v) is 8.98. The molecule has 6 nitrogen and oxygen atoms in total. The van der Waals surface area contributed by atoms with E-state index in [4.69, 9.17) is 11.6 Å². The smallest absolute Gasteiger partial charge is 0.259 e. The number of thiazole rings is 1. The topological polar surface area (TPSA) is 76.0 Å². The highest BCUT2D eigenvalue weighted by molar-refractivity contribution is 7.14. The molecule has 2 heterocycles. The van der Waals surface area contributed by atoms with E-state index in [0.29, 0.717) is 22.3 Å². The minimum atomic E-state index is -0.309. The highest BCUT2D eigenvalue weighted by Gasteiger charge is 2.15. The number of aromatic nitrogens is 2. The summed E-state index contributed by atoms with van der Waals surface area (Å²) in [6, 6.07) is 17.3. The summed E-state index contributed by atoms with van der Waals surface area (Å²) in [5.74, 6) is -0.376. The van der Waals surface area contributed by atoms with Gasteiger partial charge in [0.25, 0.3) is 5.91 Å². The lowest BCUT2D eigenvalue weighted by atomic mass is 10.1. The van der Waals surface area contributed by atoms with Crippen molar-refractivity contribution < 1.29 is 9.59 Å². The average Bonchev–Trinajstić information content (AvgIpc) is 3.39. The molecule has 4 rings (SSSR count). The SMILES string of the molecule is CC(=O)NCc1ccc(-c2csc(NC(=O)c3cc(-n4c(C)ccc4C)ccc3Cl)n2)cc1. The zero-order valence-corrected chi connectivity index (χ0v) is 20.1. The molecule has 2 aromatic carbocycles. The Morgan fingerprint density at radius 1 is 1.03 bits per heavy atom. The van der Waals surface area contributed by atoms with Gasteiger partial charge in [-0.15, -0.1) is 11.3 Å². The monoisotopic (exact) mass is 478 g/mol. The van der Waals surface area contributed by atoms with E-state index < -0.39 is 0 Å². The number of nitrogens with zero attached hydrogens (tertiary/aromatic N) is 2. The molecule has 33 heavy (non-hydrogen) atoms. The lowest BCUT2D eigenvalue weighted by Gasteiger charge is -2.12. The first-order valence-electron chi connectivity index (χ1n) is 10.4. The fraction of sp³-hybridized carbons (Fsp3) is 0.160. The third kappa shape index (κ3) is 5.16. The van der Waals surface area contributed by atoms with E-state index in [9.17, 15) is 9.59 Å². The van der Waals surface area contributed by atoms with Crippen LogP contribution in [-0.2, 0) is 11.3 Å². The van der Waals surface area contributed by atoms with Gasteiger partial charge < -0.3 is 9.88 Å². The van der Waals surface area contributed by atoms with Gasteiger partial charge in [0.05, 0.1) is 16.3 Å². The second-order valence-electron chi connectivity index (χ2n) is 7.71. The third-order valence-electron chi connectivity index (χ3n) is 5.24. The highest BCUT2D eigenvalue weighted by atomic mass is 35.5. The van der Waals surface area contributed by atoms with Gasteiger partial charge in [0.2, 0.25) is 5.91 Å². The first-order valence-corrected chi connectivity index (χ1v) is 11.6. The van der Waals surface area contributed by atoms with Gasteiger partial charge in [0.15, 0.2) is 5.13 Å². The Balaban J connectivity index is 1.50. The van der Waals surface area contributed by atoms with E-state index in [-0.39, 0.29) is 11.8 Å². The van der Waals surface area contributed by atoms with Gasteiger partial charge in [-0.3, -0.25) is 14.9 Å². The van der Waals surface area contributed by atoms with E-state index in [1.54, 1.807) is 12.1 Å². The van der Waals surface area contributed by atoms with Crippen molar-refractivity contribution in [1.82, 2.24) is 14.9 Å². The molecule has 0 saturated carbocycles. The molecule has 2 aromatic heterocycles. The second kappa shape index (κ2) is 9.60. The zero-order valence-electron chi connectivity index (χ0n) is 18.5. The van der Waals surface area contributed by atoms with Crippen LogP contribution in [0.3, 0.4) is 0 Å². The standard InChI is InChI=1S/C25H23ClN4O2S/c1-15-4-5-16(2)30(15)20-10-11-22(26)21(12-20)24(32)29-25-28-23(14-33-25)19-8-6-18(7-9-19)13-27-17(3)31/h4-12,14H,13H2,1-3H3,(H,27,31)(H,28,29,32). The Morgan fingerprint density at radius 3 is 2.39 bits per heavy atom. The molecule has 0 bridgehead atoms. The van der Waals surface area contributed by atoms with Crippen LogP contribution in [0.5, 0.6) is 0 Å². The van der Waals surface area contributed by atoms with Crippen molar-refractivity contribution in [2.45, 2.75) is 27.3 Å². The van der Waals surface area contributed by atoms with Crippen LogP contribution in [0.25, 0.3) is 16.9 Å². The number of rotatable bonds is 6. The van der Waals surface area contributed by atoms with E-state index in [1.807, 2.05) is 61.7 Å². The number of amides is 2. The van der Waals surface area contributed by atoms with Crippen LogP contribution in [-0.4, -0.2) is 21.4 Å². The van der Waals surface area contributed by atoms with E-state index in [1.165, 1.54) is 18.3 Å². The average molecular weight is 479 g/mol. The number of halogens is 1. The van der Waals surface area contributed by atoms with Gasteiger partial charge >= 0.3 is 0 Å². The molecular weight excluding hydrogens is 456 g/mol. The fourth-order valence-corrected chi connectivity index (χ4v) is 4.47. The summed E-state index contributed by atoms with van der Waals surface area (Å²) in [6.07, 6.45) is 0. The zero-order chi connectivity index (χ0) is 23.5. The molecule has 0 aliphatic heterocycles. The van der Waals surface area contributed by atoms with Gasteiger partial charge in [0, 0.05) is 41.5 Å². The van der Waals surface area contributed by atoms with Crippen molar-refractivity contribution in [3.05, 3.63) is 87.5 Å². The summed E-state index contributed by atoms with van der Waals surface area (Å²) in [4.78, 5) is 28.6. The maximum atomic E-state index is 13.0. The van der Waals surface area contributed by atoms with Crippen LogP contribution in [0, 0.1) is 13.8 Å². The molecule has 0 spiro atoms. The van der Waals surface area contributed by atoms with Crippen LogP contribution in [0.15, 0.2) is 60.0 Å². The molecule has 0 unspecified atom stereocenters. The number of hydrogen-bond acceptors (Lipinski definition) is 4. The Labute approximate surface area is 201 Å². The summed E-state index contributed by atoms with van der Waals surface area (Å²) in [6.45, 7) is 6.01. The van der Waals surface area contributed by atoms with Crippen molar-refractivity contribution in [1.29, 1.82) is 0 Å². The molecule has 168 valence electrons. The number of hydrogen-bond donors (Lipinski definition) is 2. The predicted octanol–water partition coefficient (Wildman–Crippen LogP) is 5.76. The molecule has 0 radical (unpaired) electrons. The van der Waals surface area contributed by atoms with E-state index >= 15 is 0 Å². The molecule has 4 aromatic rings. The van der Waals surface area contributed by atoms with Gasteiger partial charge in [-0.1, -0.05) is 35.9 Å². The minimum absolute atomic E-state index is 0.0665. The summed E-state index contributed by atoms with van der Waals surface area (Å²) < 4.78 is 2.07. The number of aryl methyl sites for hydroxylation is 2. The molecular formula is C25H23ClN4O2S. The molecule has 0 saturated heterocycles. The highest BCUT2D eigenvalue weighted by Crippen LogP contribution is 2.27. The molecule has 0 fully saturated rings.